The fraction of sp³-hybridized carbons (Fsp3) is 0.333. The van der Waals surface area contributed by atoms with Crippen molar-refractivity contribution in [1.82, 2.24) is 0 Å². The maximum atomic E-state index is 6.05. The van der Waals surface area contributed by atoms with Crippen LogP contribution in [0.15, 0.2) is 48.5 Å². The molecule has 0 saturated carbocycles. The molecule has 0 fully saturated rings. The predicted octanol–water partition coefficient (Wildman–Crippen LogP) is 3.74. The first-order valence-corrected chi connectivity index (χ1v) is 7.26. The Labute approximate surface area is 120 Å². The Morgan fingerprint density at radius 1 is 1.10 bits per heavy atom. The molecular weight excluding hydrogens is 246 g/mol. The minimum Gasteiger partial charge on any atom is -0.493 e. The molecule has 104 valence electrons. The van der Waals surface area contributed by atoms with Gasteiger partial charge in [0.05, 0.1) is 6.61 Å². The molecule has 2 heteroatoms. The van der Waals surface area contributed by atoms with Gasteiger partial charge in [-0.2, -0.15) is 0 Å². The van der Waals surface area contributed by atoms with Crippen LogP contribution < -0.4 is 10.5 Å². The molecule has 20 heavy (non-hydrogen) atoms. The summed E-state index contributed by atoms with van der Waals surface area (Å²) in [5, 5.41) is 0. The molecule has 2 N–H and O–H groups in total. The van der Waals surface area contributed by atoms with Crippen molar-refractivity contribution in [2.45, 2.75) is 25.2 Å². The van der Waals surface area contributed by atoms with Gasteiger partial charge in [-0.15, -0.1) is 0 Å². The first-order chi connectivity index (χ1) is 9.73. The van der Waals surface area contributed by atoms with Gasteiger partial charge in [-0.3, -0.25) is 0 Å². The number of benzene rings is 2. The summed E-state index contributed by atoms with van der Waals surface area (Å²) >= 11 is 0. The first kappa shape index (κ1) is 13.2. The monoisotopic (exact) mass is 267 g/mol. The SMILES string of the molecule is CC1(CN)CCCOc2ccc(-c3ccccc3)cc21. The van der Waals surface area contributed by atoms with E-state index < -0.39 is 0 Å². The molecule has 0 spiro atoms. The summed E-state index contributed by atoms with van der Waals surface area (Å²) < 4.78 is 5.88. The highest BCUT2D eigenvalue weighted by atomic mass is 16.5. The van der Waals surface area contributed by atoms with Gasteiger partial charge in [-0.25, -0.2) is 0 Å². The number of nitrogens with two attached hydrogens (primary N) is 1. The third-order valence-electron chi connectivity index (χ3n) is 4.32. The lowest BCUT2D eigenvalue weighted by molar-refractivity contribution is 0.313. The zero-order valence-corrected chi connectivity index (χ0v) is 11.9. The van der Waals surface area contributed by atoms with Crippen molar-refractivity contribution >= 4 is 0 Å². The number of rotatable bonds is 2. The summed E-state index contributed by atoms with van der Waals surface area (Å²) in [7, 11) is 0. The Bertz CT molecular complexity index is 594. The van der Waals surface area contributed by atoms with Crippen LogP contribution in [0.3, 0.4) is 0 Å². The Morgan fingerprint density at radius 2 is 1.90 bits per heavy atom. The quantitative estimate of drug-likeness (QED) is 0.899. The highest BCUT2D eigenvalue weighted by molar-refractivity contribution is 5.66. The van der Waals surface area contributed by atoms with E-state index in [1.54, 1.807) is 0 Å². The summed E-state index contributed by atoms with van der Waals surface area (Å²) in [5.41, 5.74) is 9.78. The van der Waals surface area contributed by atoms with Gasteiger partial charge < -0.3 is 10.5 Å². The second kappa shape index (κ2) is 5.29. The largest absolute Gasteiger partial charge is 0.493 e. The molecule has 0 amide bonds. The van der Waals surface area contributed by atoms with Gasteiger partial charge in [0.15, 0.2) is 0 Å². The van der Waals surface area contributed by atoms with Gasteiger partial charge in [0, 0.05) is 17.5 Å². The normalized spacial score (nSPS) is 21.7. The molecule has 0 radical (unpaired) electrons. The molecule has 3 rings (SSSR count). The van der Waals surface area contributed by atoms with Crippen molar-refractivity contribution in [3.8, 4) is 16.9 Å². The third kappa shape index (κ3) is 2.32. The van der Waals surface area contributed by atoms with Gasteiger partial charge in [0.25, 0.3) is 0 Å². The summed E-state index contributed by atoms with van der Waals surface area (Å²) in [6, 6.07) is 16.9. The lowest BCUT2D eigenvalue weighted by Gasteiger charge is -2.28. The molecular formula is C18H21NO. The Kier molecular flexibility index (Phi) is 3.49. The van der Waals surface area contributed by atoms with Gasteiger partial charge in [-0.1, -0.05) is 43.3 Å². The lowest BCUT2D eigenvalue weighted by atomic mass is 9.78. The van der Waals surface area contributed by atoms with E-state index in [0.717, 1.165) is 25.2 Å². The van der Waals surface area contributed by atoms with Crippen molar-refractivity contribution < 1.29 is 4.74 Å². The van der Waals surface area contributed by atoms with E-state index in [-0.39, 0.29) is 5.41 Å². The summed E-state index contributed by atoms with van der Waals surface area (Å²) in [4.78, 5) is 0. The Balaban J connectivity index is 2.10. The zero-order chi connectivity index (χ0) is 14.0. The minimum atomic E-state index is 0.0105. The maximum absolute atomic E-state index is 6.05. The second-order valence-electron chi connectivity index (χ2n) is 5.79. The fourth-order valence-electron chi connectivity index (χ4n) is 2.93. The highest BCUT2D eigenvalue weighted by Crippen LogP contribution is 2.39. The molecule has 0 bridgehead atoms. The molecule has 1 aliphatic heterocycles. The van der Waals surface area contributed by atoms with Crippen molar-refractivity contribution in [3.63, 3.8) is 0 Å². The van der Waals surface area contributed by atoms with Crippen molar-refractivity contribution in [3.05, 3.63) is 54.1 Å². The topological polar surface area (TPSA) is 35.2 Å². The Hall–Kier alpha value is -1.80. The van der Waals surface area contributed by atoms with E-state index in [4.69, 9.17) is 10.5 Å². The number of fused-ring (bicyclic) bond motifs is 1. The lowest BCUT2D eigenvalue weighted by Crippen LogP contribution is -2.31. The summed E-state index contributed by atoms with van der Waals surface area (Å²) in [6.45, 7) is 3.68. The van der Waals surface area contributed by atoms with E-state index in [1.165, 1.54) is 16.7 Å². The third-order valence-corrected chi connectivity index (χ3v) is 4.32. The van der Waals surface area contributed by atoms with E-state index in [1.807, 2.05) is 6.07 Å². The standard InChI is InChI=1S/C18H21NO/c1-18(13-19)10-5-11-20-17-9-8-15(12-16(17)18)14-6-3-2-4-7-14/h2-4,6-9,12H,5,10-11,13,19H2,1H3. The van der Waals surface area contributed by atoms with Crippen LogP contribution in [-0.4, -0.2) is 13.2 Å². The number of hydrogen-bond donors (Lipinski definition) is 1. The molecule has 2 aromatic carbocycles. The van der Waals surface area contributed by atoms with E-state index >= 15 is 0 Å². The van der Waals surface area contributed by atoms with E-state index in [2.05, 4.69) is 49.4 Å². The van der Waals surface area contributed by atoms with Gasteiger partial charge in [-0.05, 0) is 36.1 Å². The predicted molar refractivity (Wildman–Crippen MR) is 83.0 cm³/mol. The van der Waals surface area contributed by atoms with Crippen molar-refractivity contribution in [2.75, 3.05) is 13.2 Å². The van der Waals surface area contributed by atoms with Crippen molar-refractivity contribution in [1.29, 1.82) is 0 Å². The molecule has 0 saturated heterocycles. The van der Waals surface area contributed by atoms with Crippen molar-refractivity contribution in [2.24, 2.45) is 5.73 Å². The minimum absolute atomic E-state index is 0.0105. The summed E-state index contributed by atoms with van der Waals surface area (Å²) in [6.07, 6.45) is 2.14. The first-order valence-electron chi connectivity index (χ1n) is 7.26. The average Bonchev–Trinajstić information content (AvgIpc) is 2.68. The molecule has 1 aliphatic rings. The molecule has 0 aromatic heterocycles. The molecule has 2 nitrogen and oxygen atoms in total. The van der Waals surface area contributed by atoms with Crippen LogP contribution in [0.25, 0.3) is 11.1 Å². The molecule has 1 unspecified atom stereocenters. The van der Waals surface area contributed by atoms with Crippen LogP contribution in [0.4, 0.5) is 0 Å². The van der Waals surface area contributed by atoms with Crippen LogP contribution in [0.5, 0.6) is 5.75 Å². The van der Waals surface area contributed by atoms with Gasteiger partial charge in [0.2, 0.25) is 0 Å². The van der Waals surface area contributed by atoms with E-state index in [9.17, 15) is 0 Å². The zero-order valence-electron chi connectivity index (χ0n) is 11.9. The average molecular weight is 267 g/mol. The van der Waals surface area contributed by atoms with Crippen LogP contribution in [0, 0.1) is 0 Å². The number of ether oxygens (including phenoxy) is 1. The van der Waals surface area contributed by atoms with Gasteiger partial charge >= 0.3 is 0 Å². The Morgan fingerprint density at radius 3 is 2.65 bits per heavy atom. The van der Waals surface area contributed by atoms with Crippen LogP contribution in [0.2, 0.25) is 0 Å². The van der Waals surface area contributed by atoms with Crippen LogP contribution >= 0.6 is 0 Å². The highest BCUT2D eigenvalue weighted by Gasteiger charge is 2.30. The van der Waals surface area contributed by atoms with Gasteiger partial charge in [0.1, 0.15) is 5.75 Å². The maximum Gasteiger partial charge on any atom is 0.123 e. The van der Waals surface area contributed by atoms with E-state index in [0.29, 0.717) is 6.54 Å². The molecule has 1 heterocycles. The fourth-order valence-corrected chi connectivity index (χ4v) is 2.93. The second-order valence-corrected chi connectivity index (χ2v) is 5.79. The smallest absolute Gasteiger partial charge is 0.123 e. The molecule has 0 aliphatic carbocycles. The molecule has 2 aromatic rings. The van der Waals surface area contributed by atoms with Crippen LogP contribution in [-0.2, 0) is 5.41 Å². The molecule has 1 atom stereocenters. The summed E-state index contributed by atoms with van der Waals surface area (Å²) in [5.74, 6) is 0.995. The number of hydrogen-bond acceptors (Lipinski definition) is 2. The van der Waals surface area contributed by atoms with Crippen LogP contribution in [0.1, 0.15) is 25.3 Å².